The monoisotopic (exact) mass is 374 g/mol. The molecule has 8 heteroatoms. The molecular weight excluding hydrogens is 348 g/mol. The van der Waals surface area contributed by atoms with E-state index in [1.165, 1.54) is 0 Å². The molecule has 1 saturated heterocycles. The van der Waals surface area contributed by atoms with Crippen molar-refractivity contribution in [3.8, 4) is 22.9 Å². The van der Waals surface area contributed by atoms with E-state index in [1.54, 1.807) is 33.2 Å². The van der Waals surface area contributed by atoms with Gasteiger partial charge in [0, 0.05) is 26.2 Å². The first-order chi connectivity index (χ1) is 13.0. The van der Waals surface area contributed by atoms with Gasteiger partial charge >= 0.3 is 0 Å². The van der Waals surface area contributed by atoms with E-state index in [0.29, 0.717) is 36.3 Å². The van der Waals surface area contributed by atoms with Crippen LogP contribution >= 0.6 is 0 Å². The van der Waals surface area contributed by atoms with Crippen LogP contribution in [0.15, 0.2) is 22.7 Å². The summed E-state index contributed by atoms with van der Waals surface area (Å²) in [6.45, 7) is 2.17. The van der Waals surface area contributed by atoms with Crippen LogP contribution in [0.3, 0.4) is 0 Å². The number of hydrogen-bond acceptors (Lipinski definition) is 7. The molecule has 1 aromatic heterocycles. The van der Waals surface area contributed by atoms with E-state index in [2.05, 4.69) is 15.0 Å². The maximum atomic E-state index is 12.2. The zero-order valence-corrected chi connectivity index (χ0v) is 16.3. The van der Waals surface area contributed by atoms with E-state index in [4.69, 9.17) is 14.0 Å². The van der Waals surface area contributed by atoms with Crippen molar-refractivity contribution >= 4 is 5.91 Å². The highest BCUT2D eigenvalue weighted by Gasteiger charge is 2.27. The van der Waals surface area contributed by atoms with Crippen LogP contribution in [-0.2, 0) is 11.3 Å². The molecule has 1 fully saturated rings. The predicted octanol–water partition coefficient (Wildman–Crippen LogP) is 2.05. The number of piperidine rings is 1. The first-order valence-electron chi connectivity index (χ1n) is 9.00. The average Bonchev–Trinajstić information content (AvgIpc) is 3.15. The topological polar surface area (TPSA) is 80.9 Å². The number of hydrogen-bond donors (Lipinski definition) is 0. The molecule has 0 radical (unpaired) electrons. The fourth-order valence-electron chi connectivity index (χ4n) is 3.37. The summed E-state index contributed by atoms with van der Waals surface area (Å²) in [5, 5.41) is 4.08. The highest BCUT2D eigenvalue weighted by atomic mass is 16.5. The molecule has 1 aliphatic heterocycles. The average molecular weight is 374 g/mol. The number of rotatable bonds is 6. The first-order valence-corrected chi connectivity index (χ1v) is 9.00. The Morgan fingerprint density at radius 2 is 2.07 bits per heavy atom. The van der Waals surface area contributed by atoms with Crippen LogP contribution in [0.2, 0.25) is 0 Å². The van der Waals surface area contributed by atoms with Gasteiger partial charge in [-0.3, -0.25) is 9.69 Å². The molecule has 2 heterocycles. The maximum Gasteiger partial charge on any atom is 0.241 e. The number of nitrogens with zero attached hydrogens (tertiary/aromatic N) is 4. The minimum atomic E-state index is 0.0296. The summed E-state index contributed by atoms with van der Waals surface area (Å²) in [4.78, 5) is 20.6. The Bertz CT molecular complexity index is 790. The number of methoxy groups -OCH3 is 2. The molecule has 0 aliphatic carbocycles. The largest absolute Gasteiger partial charge is 0.493 e. The van der Waals surface area contributed by atoms with Crippen LogP contribution in [0.4, 0.5) is 0 Å². The third-order valence-electron chi connectivity index (χ3n) is 4.76. The van der Waals surface area contributed by atoms with Crippen LogP contribution < -0.4 is 9.47 Å². The van der Waals surface area contributed by atoms with E-state index < -0.39 is 0 Å². The number of benzene rings is 1. The molecule has 1 unspecified atom stereocenters. The number of aromatic nitrogens is 2. The van der Waals surface area contributed by atoms with Gasteiger partial charge in [0.05, 0.1) is 26.7 Å². The van der Waals surface area contributed by atoms with Gasteiger partial charge in [-0.15, -0.1) is 0 Å². The van der Waals surface area contributed by atoms with Crippen LogP contribution in [0.25, 0.3) is 11.4 Å². The summed E-state index contributed by atoms with van der Waals surface area (Å²) < 4.78 is 16.0. The Morgan fingerprint density at radius 3 is 2.78 bits per heavy atom. The number of amides is 1. The lowest BCUT2D eigenvalue weighted by atomic mass is 9.97. The molecule has 1 aliphatic rings. The Kier molecular flexibility index (Phi) is 5.95. The smallest absolute Gasteiger partial charge is 0.241 e. The zero-order chi connectivity index (χ0) is 19.4. The molecule has 0 saturated carbocycles. The summed E-state index contributed by atoms with van der Waals surface area (Å²) >= 11 is 0. The molecule has 146 valence electrons. The summed E-state index contributed by atoms with van der Waals surface area (Å²) in [5.41, 5.74) is 0.793. The van der Waals surface area contributed by atoms with Crippen LogP contribution in [0, 0.1) is 5.92 Å². The van der Waals surface area contributed by atoms with Crippen molar-refractivity contribution in [3.05, 3.63) is 24.1 Å². The normalized spacial score (nSPS) is 17.6. The molecule has 1 aromatic carbocycles. The number of ether oxygens (including phenoxy) is 2. The molecule has 0 spiro atoms. The van der Waals surface area contributed by atoms with E-state index in [1.807, 2.05) is 18.2 Å². The summed E-state index contributed by atoms with van der Waals surface area (Å²) in [7, 11) is 6.78. The van der Waals surface area contributed by atoms with Gasteiger partial charge in [-0.05, 0) is 37.6 Å². The molecule has 1 atom stereocenters. The van der Waals surface area contributed by atoms with Gasteiger partial charge in [0.15, 0.2) is 11.5 Å². The number of carbonyl (C=O) groups is 1. The molecule has 0 bridgehead atoms. The first kappa shape index (κ1) is 19.2. The van der Waals surface area contributed by atoms with E-state index in [0.717, 1.165) is 24.9 Å². The molecule has 2 aromatic rings. The van der Waals surface area contributed by atoms with Crippen molar-refractivity contribution in [3.63, 3.8) is 0 Å². The van der Waals surface area contributed by atoms with Gasteiger partial charge in [-0.1, -0.05) is 5.16 Å². The van der Waals surface area contributed by atoms with Crippen molar-refractivity contribution < 1.29 is 18.8 Å². The second-order valence-electron chi connectivity index (χ2n) is 6.89. The van der Waals surface area contributed by atoms with Gasteiger partial charge in [-0.25, -0.2) is 0 Å². The van der Waals surface area contributed by atoms with Crippen molar-refractivity contribution in [2.75, 3.05) is 41.4 Å². The lowest BCUT2D eigenvalue weighted by molar-refractivity contribution is -0.134. The van der Waals surface area contributed by atoms with Crippen LogP contribution in [-0.4, -0.2) is 67.3 Å². The number of likely N-dealkylation sites (tertiary alicyclic amines) is 1. The second-order valence-corrected chi connectivity index (χ2v) is 6.89. The Hall–Kier alpha value is -2.61. The molecular formula is C19H26N4O4. The molecule has 27 heavy (non-hydrogen) atoms. The Balaban J connectivity index is 1.68. The maximum absolute atomic E-state index is 12.2. The fraction of sp³-hybridized carbons (Fsp3) is 0.526. The highest BCUT2D eigenvalue weighted by Crippen LogP contribution is 2.31. The minimum Gasteiger partial charge on any atom is -0.493 e. The summed E-state index contributed by atoms with van der Waals surface area (Å²) in [6.07, 6.45) is 1.91. The Morgan fingerprint density at radius 1 is 1.30 bits per heavy atom. The van der Waals surface area contributed by atoms with E-state index in [-0.39, 0.29) is 11.8 Å². The van der Waals surface area contributed by atoms with Gasteiger partial charge in [0.25, 0.3) is 0 Å². The molecule has 0 N–H and O–H groups in total. The van der Waals surface area contributed by atoms with Crippen molar-refractivity contribution in [1.29, 1.82) is 0 Å². The van der Waals surface area contributed by atoms with Crippen molar-refractivity contribution in [2.24, 2.45) is 5.92 Å². The second kappa shape index (κ2) is 8.39. The quantitative estimate of drug-likeness (QED) is 0.765. The summed E-state index contributed by atoms with van der Waals surface area (Å²) in [6, 6.07) is 5.50. The van der Waals surface area contributed by atoms with E-state index in [9.17, 15) is 4.79 Å². The third-order valence-corrected chi connectivity index (χ3v) is 4.76. The highest BCUT2D eigenvalue weighted by molar-refractivity contribution is 5.78. The lowest BCUT2D eigenvalue weighted by Gasteiger charge is -2.32. The standard InChI is InChI=1S/C19H26N4O4/c1-22(2)19(24)14-6-5-9-23(11-14)12-17-20-18(21-27-17)13-7-8-15(25-3)16(10-13)26-4/h7-8,10,14H,5-6,9,11-12H2,1-4H3. The van der Waals surface area contributed by atoms with Gasteiger partial charge in [0.2, 0.25) is 17.6 Å². The zero-order valence-electron chi connectivity index (χ0n) is 16.3. The molecule has 1 amide bonds. The van der Waals surface area contributed by atoms with Crippen LogP contribution in [0.1, 0.15) is 18.7 Å². The van der Waals surface area contributed by atoms with Crippen LogP contribution in [0.5, 0.6) is 11.5 Å². The van der Waals surface area contributed by atoms with Crippen molar-refractivity contribution in [2.45, 2.75) is 19.4 Å². The minimum absolute atomic E-state index is 0.0296. The molecule has 3 rings (SSSR count). The number of carbonyl (C=O) groups excluding carboxylic acids is 1. The predicted molar refractivity (Wildman–Crippen MR) is 99.5 cm³/mol. The van der Waals surface area contributed by atoms with Gasteiger partial charge < -0.3 is 18.9 Å². The Labute approximate surface area is 159 Å². The van der Waals surface area contributed by atoms with Gasteiger partial charge in [-0.2, -0.15) is 4.98 Å². The SMILES string of the molecule is COc1ccc(-c2noc(CN3CCCC(C(=O)N(C)C)C3)n2)cc1OC. The van der Waals surface area contributed by atoms with Gasteiger partial charge in [0.1, 0.15) is 0 Å². The third kappa shape index (κ3) is 4.39. The summed E-state index contributed by atoms with van der Waals surface area (Å²) in [5.74, 6) is 2.51. The van der Waals surface area contributed by atoms with E-state index >= 15 is 0 Å². The molecule has 8 nitrogen and oxygen atoms in total. The lowest BCUT2D eigenvalue weighted by Crippen LogP contribution is -2.42. The fourth-order valence-corrected chi connectivity index (χ4v) is 3.37. The van der Waals surface area contributed by atoms with Crippen molar-refractivity contribution in [1.82, 2.24) is 19.9 Å².